The van der Waals surface area contributed by atoms with Crippen molar-refractivity contribution >= 4 is 5.78 Å². The second-order valence-corrected chi connectivity index (χ2v) is 4.83. The minimum Gasteiger partial charge on any atom is -0.329 e. The van der Waals surface area contributed by atoms with Crippen molar-refractivity contribution in [2.45, 2.75) is 39.7 Å². The molecule has 0 bridgehead atoms. The predicted molar refractivity (Wildman–Crippen MR) is 67.1 cm³/mol. The summed E-state index contributed by atoms with van der Waals surface area (Å²) in [6.07, 6.45) is 6.48. The second-order valence-electron chi connectivity index (χ2n) is 4.83. The molecule has 1 N–H and O–H groups in total. The van der Waals surface area contributed by atoms with E-state index >= 15 is 0 Å². The summed E-state index contributed by atoms with van der Waals surface area (Å²) in [6, 6.07) is 0. The molecule has 2 rings (SSSR count). The van der Waals surface area contributed by atoms with Crippen LogP contribution in [0.4, 0.5) is 0 Å². The van der Waals surface area contributed by atoms with Crippen LogP contribution in [-0.4, -0.2) is 28.4 Å². The molecule has 4 nitrogen and oxygen atoms in total. The highest BCUT2D eigenvalue weighted by atomic mass is 16.1. The second kappa shape index (κ2) is 5.00. The van der Waals surface area contributed by atoms with E-state index in [4.69, 9.17) is 0 Å². The lowest BCUT2D eigenvalue weighted by atomic mass is 9.79. The van der Waals surface area contributed by atoms with Gasteiger partial charge in [0.25, 0.3) is 0 Å². The number of ketones is 1. The Bertz CT molecular complexity index is 391. The number of Topliss-reactive ketones (excluding diaryl/α,β-unsaturated/α-hetero) is 1. The van der Waals surface area contributed by atoms with Crippen LogP contribution in [0.2, 0.25) is 0 Å². The summed E-state index contributed by atoms with van der Waals surface area (Å²) in [5, 5.41) is 3.30. The SMILES string of the molecule is CCCn1ccnc1C(=O)C1(CC)CCNC1. The first-order chi connectivity index (χ1) is 8.23. The predicted octanol–water partition coefficient (Wildman–Crippen LogP) is 1.87. The fourth-order valence-corrected chi connectivity index (χ4v) is 2.58. The Labute approximate surface area is 102 Å². The summed E-state index contributed by atoms with van der Waals surface area (Å²) in [6.45, 7) is 6.81. The third-order valence-electron chi connectivity index (χ3n) is 3.79. The molecular formula is C13H21N3O. The van der Waals surface area contributed by atoms with Crippen molar-refractivity contribution in [1.82, 2.24) is 14.9 Å². The zero-order valence-corrected chi connectivity index (χ0v) is 10.7. The Balaban J connectivity index is 2.26. The van der Waals surface area contributed by atoms with Gasteiger partial charge in [0.05, 0.1) is 5.41 Å². The van der Waals surface area contributed by atoms with Crippen LogP contribution >= 0.6 is 0 Å². The average molecular weight is 235 g/mol. The minimum absolute atomic E-state index is 0.212. The lowest BCUT2D eigenvalue weighted by Crippen LogP contribution is -2.34. The first-order valence-corrected chi connectivity index (χ1v) is 6.50. The van der Waals surface area contributed by atoms with Crippen molar-refractivity contribution in [2.24, 2.45) is 5.41 Å². The normalized spacial score (nSPS) is 24.1. The summed E-state index contributed by atoms with van der Waals surface area (Å²) in [5.41, 5.74) is -0.225. The first-order valence-electron chi connectivity index (χ1n) is 6.50. The van der Waals surface area contributed by atoms with E-state index in [-0.39, 0.29) is 11.2 Å². The molecule has 0 aliphatic carbocycles. The Hall–Kier alpha value is -1.16. The van der Waals surface area contributed by atoms with Gasteiger partial charge in [0, 0.05) is 25.5 Å². The van der Waals surface area contributed by atoms with Crippen LogP contribution in [0, 0.1) is 5.41 Å². The Morgan fingerprint density at radius 3 is 3.00 bits per heavy atom. The minimum atomic E-state index is -0.225. The maximum absolute atomic E-state index is 12.6. The number of imidazole rings is 1. The van der Waals surface area contributed by atoms with Gasteiger partial charge in [-0.25, -0.2) is 4.98 Å². The summed E-state index contributed by atoms with van der Waals surface area (Å²) in [5.74, 6) is 0.848. The van der Waals surface area contributed by atoms with Crippen molar-refractivity contribution in [2.75, 3.05) is 13.1 Å². The molecule has 0 amide bonds. The molecule has 17 heavy (non-hydrogen) atoms. The number of nitrogens with zero attached hydrogens (tertiary/aromatic N) is 2. The van der Waals surface area contributed by atoms with E-state index in [1.807, 2.05) is 10.8 Å². The van der Waals surface area contributed by atoms with Gasteiger partial charge in [0.15, 0.2) is 5.82 Å². The number of nitrogens with one attached hydrogen (secondary N) is 1. The molecule has 1 aliphatic rings. The molecule has 1 unspecified atom stereocenters. The van der Waals surface area contributed by atoms with Gasteiger partial charge in [-0.05, 0) is 25.8 Å². The van der Waals surface area contributed by atoms with Crippen LogP contribution in [0.15, 0.2) is 12.4 Å². The molecule has 1 fully saturated rings. The lowest BCUT2D eigenvalue weighted by Gasteiger charge is -2.24. The summed E-state index contributed by atoms with van der Waals surface area (Å²) in [4.78, 5) is 16.9. The van der Waals surface area contributed by atoms with Gasteiger partial charge in [0.1, 0.15) is 0 Å². The summed E-state index contributed by atoms with van der Waals surface area (Å²) >= 11 is 0. The van der Waals surface area contributed by atoms with Gasteiger partial charge in [-0.2, -0.15) is 0 Å². The summed E-state index contributed by atoms with van der Waals surface area (Å²) in [7, 11) is 0. The average Bonchev–Trinajstić information content (AvgIpc) is 2.97. The van der Waals surface area contributed by atoms with Crippen LogP contribution in [-0.2, 0) is 6.54 Å². The number of carbonyl (C=O) groups is 1. The first kappa shape index (κ1) is 12.3. The third kappa shape index (κ3) is 2.14. The van der Waals surface area contributed by atoms with Crippen LogP contribution in [0.1, 0.15) is 43.7 Å². The zero-order valence-electron chi connectivity index (χ0n) is 10.7. The maximum atomic E-state index is 12.6. The molecule has 1 aromatic heterocycles. The van der Waals surface area contributed by atoms with E-state index in [9.17, 15) is 4.79 Å². The van der Waals surface area contributed by atoms with Gasteiger partial charge in [-0.3, -0.25) is 4.79 Å². The van der Waals surface area contributed by atoms with Gasteiger partial charge >= 0.3 is 0 Å². The van der Waals surface area contributed by atoms with Crippen molar-refractivity contribution in [3.63, 3.8) is 0 Å². The molecule has 1 saturated heterocycles. The Morgan fingerprint density at radius 1 is 1.59 bits per heavy atom. The van der Waals surface area contributed by atoms with Crippen LogP contribution in [0.3, 0.4) is 0 Å². The molecule has 1 atom stereocenters. The van der Waals surface area contributed by atoms with E-state index in [0.29, 0.717) is 5.82 Å². The van der Waals surface area contributed by atoms with Crippen LogP contribution in [0.25, 0.3) is 0 Å². The summed E-state index contributed by atoms with van der Waals surface area (Å²) < 4.78 is 1.98. The molecule has 0 aromatic carbocycles. The van der Waals surface area contributed by atoms with E-state index in [1.54, 1.807) is 6.20 Å². The smallest absolute Gasteiger partial charge is 0.205 e. The highest BCUT2D eigenvalue weighted by Crippen LogP contribution is 2.32. The standard InChI is InChI=1S/C13H21N3O/c1-3-8-16-9-7-15-12(16)11(17)13(4-2)5-6-14-10-13/h7,9,14H,3-6,8,10H2,1-2H3. The largest absolute Gasteiger partial charge is 0.329 e. The van der Waals surface area contributed by atoms with Crippen molar-refractivity contribution in [1.29, 1.82) is 0 Å². The quantitative estimate of drug-likeness (QED) is 0.792. The number of rotatable bonds is 5. The van der Waals surface area contributed by atoms with Gasteiger partial charge in [0.2, 0.25) is 5.78 Å². The Kier molecular flexibility index (Phi) is 3.62. The van der Waals surface area contributed by atoms with Gasteiger partial charge in [-0.15, -0.1) is 0 Å². The molecule has 2 heterocycles. The molecule has 94 valence electrons. The zero-order chi connectivity index (χ0) is 12.3. The van der Waals surface area contributed by atoms with Crippen LogP contribution in [0.5, 0.6) is 0 Å². The molecule has 0 spiro atoms. The van der Waals surface area contributed by atoms with E-state index in [2.05, 4.69) is 24.1 Å². The highest BCUT2D eigenvalue weighted by molar-refractivity contribution is 5.98. The van der Waals surface area contributed by atoms with Crippen LogP contribution < -0.4 is 5.32 Å². The Morgan fingerprint density at radius 2 is 2.41 bits per heavy atom. The molecule has 1 aromatic rings. The molecular weight excluding hydrogens is 214 g/mol. The number of carbonyl (C=O) groups excluding carboxylic acids is 1. The van der Waals surface area contributed by atoms with Crippen molar-refractivity contribution in [3.05, 3.63) is 18.2 Å². The van der Waals surface area contributed by atoms with Crippen molar-refractivity contribution in [3.8, 4) is 0 Å². The number of aryl methyl sites for hydroxylation is 1. The molecule has 0 radical (unpaired) electrons. The molecule has 4 heteroatoms. The highest BCUT2D eigenvalue weighted by Gasteiger charge is 2.41. The topological polar surface area (TPSA) is 46.9 Å². The number of aromatic nitrogens is 2. The van der Waals surface area contributed by atoms with E-state index in [1.165, 1.54) is 0 Å². The van der Waals surface area contributed by atoms with Gasteiger partial charge in [-0.1, -0.05) is 13.8 Å². The molecule has 1 aliphatic heterocycles. The maximum Gasteiger partial charge on any atom is 0.205 e. The third-order valence-corrected chi connectivity index (χ3v) is 3.79. The lowest BCUT2D eigenvalue weighted by molar-refractivity contribution is 0.0794. The fourth-order valence-electron chi connectivity index (χ4n) is 2.58. The molecule has 0 saturated carbocycles. The van der Waals surface area contributed by atoms with Gasteiger partial charge < -0.3 is 9.88 Å². The van der Waals surface area contributed by atoms with E-state index in [0.717, 1.165) is 38.9 Å². The van der Waals surface area contributed by atoms with E-state index < -0.39 is 0 Å². The number of hydrogen-bond donors (Lipinski definition) is 1. The fraction of sp³-hybridized carbons (Fsp3) is 0.692. The van der Waals surface area contributed by atoms with Crippen molar-refractivity contribution < 1.29 is 4.79 Å². The number of hydrogen-bond acceptors (Lipinski definition) is 3. The monoisotopic (exact) mass is 235 g/mol.